The molecule has 0 aliphatic rings. The molecule has 30 heavy (non-hydrogen) atoms. The normalized spacial score (nSPS) is 11.5. The number of anilines is 1. The lowest BCUT2D eigenvalue weighted by Crippen LogP contribution is -2.38. The van der Waals surface area contributed by atoms with Crippen molar-refractivity contribution in [2.75, 3.05) is 5.32 Å². The molecule has 7 heteroatoms. The lowest BCUT2D eigenvalue weighted by Gasteiger charge is -2.11. The largest absolute Gasteiger partial charge is 0.502 e. The summed E-state index contributed by atoms with van der Waals surface area (Å²) in [5, 5.41) is 25.2. The number of aliphatic hydroxyl groups excluding tert-OH is 1. The van der Waals surface area contributed by atoms with Crippen molar-refractivity contribution in [3.05, 3.63) is 99.9 Å². The Hall–Kier alpha value is -3.58. The summed E-state index contributed by atoms with van der Waals surface area (Å²) >= 11 is 5.63. The van der Waals surface area contributed by atoms with E-state index in [4.69, 9.17) is 12.2 Å². The first-order chi connectivity index (χ1) is 14.4. The van der Waals surface area contributed by atoms with Crippen molar-refractivity contribution in [3.8, 4) is 0 Å². The summed E-state index contributed by atoms with van der Waals surface area (Å²) in [6, 6.07) is 17.4. The van der Waals surface area contributed by atoms with E-state index in [0.29, 0.717) is 16.2 Å². The minimum absolute atomic E-state index is 0.0481. The van der Waals surface area contributed by atoms with Crippen molar-refractivity contribution in [2.45, 2.75) is 20.3 Å². The number of pyridine rings is 1. The van der Waals surface area contributed by atoms with E-state index in [2.05, 4.69) is 12.2 Å². The van der Waals surface area contributed by atoms with Gasteiger partial charge in [0, 0.05) is 35.0 Å². The fourth-order valence-corrected chi connectivity index (χ4v) is 3.29. The lowest BCUT2D eigenvalue weighted by atomic mass is 10.1. The number of aromatic nitrogens is 1. The third-order valence-electron chi connectivity index (χ3n) is 4.62. The highest BCUT2D eigenvalue weighted by Crippen LogP contribution is 2.22. The molecule has 0 radical (unpaired) electrons. The number of thiocarbonyl (C=S) groups is 1. The lowest BCUT2D eigenvalue weighted by molar-refractivity contribution is -0.576. The van der Waals surface area contributed by atoms with E-state index >= 15 is 0 Å². The van der Waals surface area contributed by atoms with Gasteiger partial charge in [0.05, 0.1) is 4.92 Å². The summed E-state index contributed by atoms with van der Waals surface area (Å²) in [4.78, 5) is 10.8. The van der Waals surface area contributed by atoms with Crippen LogP contribution in [0.15, 0.2) is 73.1 Å². The quantitative estimate of drug-likeness (QED) is 0.145. The van der Waals surface area contributed by atoms with Crippen LogP contribution in [-0.4, -0.2) is 15.0 Å². The maximum absolute atomic E-state index is 11.0. The molecule has 0 saturated carbocycles. The van der Waals surface area contributed by atoms with Crippen LogP contribution in [0.25, 0.3) is 11.5 Å². The Morgan fingerprint density at radius 1 is 1.13 bits per heavy atom. The van der Waals surface area contributed by atoms with Gasteiger partial charge in [-0.05, 0) is 49.2 Å². The molecule has 0 fully saturated rings. The Kier molecular flexibility index (Phi) is 6.54. The van der Waals surface area contributed by atoms with Crippen LogP contribution in [0.2, 0.25) is 0 Å². The summed E-state index contributed by atoms with van der Waals surface area (Å²) < 4.78 is 1.74. The van der Waals surface area contributed by atoms with Gasteiger partial charge in [0.15, 0.2) is 23.1 Å². The van der Waals surface area contributed by atoms with Crippen LogP contribution in [0.5, 0.6) is 0 Å². The standard InChI is InChI=1S/C23H21N3O3S/c1-3-17-6-10-19(11-7-17)24-23(30)21(25-14-4-5-16(2)15-25)22(27)18-8-12-20(13-9-18)26(28)29/h4-15H,3H2,1-2H3,(H-,24,27,30)/p+1. The van der Waals surface area contributed by atoms with Crippen LogP contribution in [-0.2, 0) is 6.42 Å². The molecule has 0 saturated heterocycles. The van der Waals surface area contributed by atoms with Crippen LogP contribution in [0.1, 0.15) is 23.6 Å². The number of nitro groups is 1. The van der Waals surface area contributed by atoms with Crippen molar-refractivity contribution in [1.29, 1.82) is 0 Å². The maximum atomic E-state index is 11.0. The number of hydrogen-bond acceptors (Lipinski definition) is 4. The van der Waals surface area contributed by atoms with E-state index in [-0.39, 0.29) is 11.4 Å². The molecule has 6 nitrogen and oxygen atoms in total. The highest BCUT2D eigenvalue weighted by molar-refractivity contribution is 7.81. The van der Waals surface area contributed by atoms with E-state index in [1.165, 1.54) is 29.8 Å². The molecule has 152 valence electrons. The smallest absolute Gasteiger partial charge is 0.288 e. The van der Waals surface area contributed by atoms with E-state index in [9.17, 15) is 15.2 Å². The number of non-ortho nitro benzene ring substituents is 1. The van der Waals surface area contributed by atoms with Crippen LogP contribution in [0.4, 0.5) is 11.4 Å². The molecule has 3 rings (SSSR count). The van der Waals surface area contributed by atoms with Gasteiger partial charge in [0.1, 0.15) is 0 Å². The second-order valence-corrected chi connectivity index (χ2v) is 7.20. The van der Waals surface area contributed by atoms with Gasteiger partial charge in [-0.25, -0.2) is 0 Å². The number of nitrogens with zero attached hydrogens (tertiary/aromatic N) is 2. The Balaban J connectivity index is 2.03. The van der Waals surface area contributed by atoms with E-state index in [1.807, 2.05) is 49.5 Å². The zero-order valence-electron chi connectivity index (χ0n) is 16.7. The minimum Gasteiger partial charge on any atom is -0.502 e. The van der Waals surface area contributed by atoms with Gasteiger partial charge in [-0.3, -0.25) is 10.1 Å². The molecule has 0 aliphatic carbocycles. The minimum atomic E-state index is -0.479. The van der Waals surface area contributed by atoms with Gasteiger partial charge in [-0.15, -0.1) is 0 Å². The Bertz CT molecular complexity index is 1110. The second kappa shape index (κ2) is 9.28. The molecule has 2 N–H and O–H groups in total. The first-order valence-corrected chi connectivity index (χ1v) is 9.86. The molecular weight excluding hydrogens is 398 g/mol. The van der Waals surface area contributed by atoms with Crippen molar-refractivity contribution < 1.29 is 14.6 Å². The number of nitrogens with one attached hydrogen (secondary N) is 1. The molecule has 1 heterocycles. The topological polar surface area (TPSA) is 79.3 Å². The van der Waals surface area contributed by atoms with Gasteiger partial charge in [0.25, 0.3) is 11.4 Å². The highest BCUT2D eigenvalue weighted by Gasteiger charge is 2.24. The average Bonchev–Trinajstić information content (AvgIpc) is 2.74. The van der Waals surface area contributed by atoms with Gasteiger partial charge >= 0.3 is 0 Å². The molecule has 0 amide bonds. The fraction of sp³-hybridized carbons (Fsp3) is 0.130. The van der Waals surface area contributed by atoms with Gasteiger partial charge < -0.3 is 10.4 Å². The Morgan fingerprint density at radius 2 is 1.80 bits per heavy atom. The number of aliphatic hydroxyl groups is 1. The fourth-order valence-electron chi connectivity index (χ4n) is 2.97. The van der Waals surface area contributed by atoms with Crippen LogP contribution >= 0.6 is 12.2 Å². The molecule has 0 atom stereocenters. The molecular formula is C23H22N3O3S+. The van der Waals surface area contributed by atoms with Gasteiger partial charge in [0.2, 0.25) is 0 Å². The molecule has 2 aromatic carbocycles. The number of nitro benzene ring substituents is 1. The summed E-state index contributed by atoms with van der Waals surface area (Å²) in [6.07, 6.45) is 4.58. The first kappa shape index (κ1) is 21.1. The maximum Gasteiger partial charge on any atom is 0.288 e. The van der Waals surface area contributed by atoms with Crippen LogP contribution in [0, 0.1) is 17.0 Å². The number of rotatable bonds is 6. The first-order valence-electron chi connectivity index (χ1n) is 9.45. The number of aryl methyl sites for hydroxylation is 2. The molecule has 0 aliphatic heterocycles. The summed E-state index contributed by atoms with van der Waals surface area (Å²) in [7, 11) is 0. The molecule has 1 aromatic heterocycles. The van der Waals surface area contributed by atoms with Crippen molar-refractivity contribution in [2.24, 2.45) is 0 Å². The number of benzene rings is 2. The summed E-state index contributed by atoms with van der Waals surface area (Å²) in [6.45, 7) is 4.03. The van der Waals surface area contributed by atoms with Crippen molar-refractivity contribution in [3.63, 3.8) is 0 Å². The predicted molar refractivity (Wildman–Crippen MR) is 122 cm³/mol. The molecule has 0 bridgehead atoms. The van der Waals surface area contributed by atoms with Crippen molar-refractivity contribution in [1.82, 2.24) is 0 Å². The molecule has 0 unspecified atom stereocenters. The summed E-state index contributed by atoms with van der Waals surface area (Å²) in [5.74, 6) is -0.0804. The molecule has 0 spiro atoms. The van der Waals surface area contributed by atoms with Gasteiger partial charge in [-0.1, -0.05) is 31.3 Å². The zero-order chi connectivity index (χ0) is 21.7. The average molecular weight is 421 g/mol. The van der Waals surface area contributed by atoms with Crippen LogP contribution < -0.4 is 9.88 Å². The van der Waals surface area contributed by atoms with E-state index < -0.39 is 4.92 Å². The highest BCUT2D eigenvalue weighted by atomic mass is 32.1. The van der Waals surface area contributed by atoms with Crippen LogP contribution in [0.3, 0.4) is 0 Å². The van der Waals surface area contributed by atoms with E-state index in [0.717, 1.165) is 17.7 Å². The third-order valence-corrected chi connectivity index (χ3v) is 4.91. The van der Waals surface area contributed by atoms with E-state index in [1.54, 1.807) is 10.8 Å². The number of hydrogen-bond donors (Lipinski definition) is 2. The predicted octanol–water partition coefficient (Wildman–Crippen LogP) is 5.08. The Labute approximate surface area is 180 Å². The molecule has 3 aromatic rings. The third kappa shape index (κ3) is 4.87. The van der Waals surface area contributed by atoms with Gasteiger partial charge in [-0.2, -0.15) is 4.57 Å². The Morgan fingerprint density at radius 3 is 2.37 bits per heavy atom. The zero-order valence-corrected chi connectivity index (χ0v) is 17.5. The van der Waals surface area contributed by atoms with Crippen molar-refractivity contribution >= 4 is 40.0 Å². The summed E-state index contributed by atoms with van der Waals surface area (Å²) in [5.41, 5.74) is 3.76. The SMILES string of the molecule is CCc1ccc(NC(=S)/C(=C(/O)c2ccc([N+](=O)[O-])cc2)[n+]2cccc(C)c2)cc1. The second-order valence-electron chi connectivity index (χ2n) is 6.79. The monoisotopic (exact) mass is 420 g/mol.